The van der Waals surface area contributed by atoms with E-state index in [1.54, 1.807) is 13.3 Å². The van der Waals surface area contributed by atoms with Crippen LogP contribution in [0.25, 0.3) is 0 Å². The van der Waals surface area contributed by atoms with Crippen LogP contribution in [0.2, 0.25) is 0 Å². The average Bonchev–Trinajstić information content (AvgIpc) is 2.61. The van der Waals surface area contributed by atoms with Crippen molar-refractivity contribution in [2.45, 2.75) is 32.4 Å². The van der Waals surface area contributed by atoms with Gasteiger partial charge < -0.3 is 20.4 Å². The Hall–Kier alpha value is -2.18. The SMILES string of the molecule is C[C@@H](O)c1ccc2c(c1)CCN(c1cc(NCCCO)ncn1)C2. The Bertz CT molecular complexity index is 690. The van der Waals surface area contributed by atoms with E-state index in [4.69, 9.17) is 5.11 Å². The van der Waals surface area contributed by atoms with Gasteiger partial charge in [-0.25, -0.2) is 9.97 Å². The van der Waals surface area contributed by atoms with E-state index in [0.717, 1.165) is 36.7 Å². The summed E-state index contributed by atoms with van der Waals surface area (Å²) in [5.41, 5.74) is 3.55. The van der Waals surface area contributed by atoms with Crippen molar-refractivity contribution in [1.29, 1.82) is 0 Å². The molecular formula is C18H24N4O2. The molecule has 2 aromatic rings. The van der Waals surface area contributed by atoms with Crippen LogP contribution < -0.4 is 10.2 Å². The number of hydrogen-bond donors (Lipinski definition) is 3. The Morgan fingerprint density at radius 2 is 2.12 bits per heavy atom. The van der Waals surface area contributed by atoms with E-state index in [1.807, 2.05) is 12.1 Å². The summed E-state index contributed by atoms with van der Waals surface area (Å²) in [6, 6.07) is 8.16. The van der Waals surface area contributed by atoms with Gasteiger partial charge in [0.2, 0.25) is 0 Å². The Morgan fingerprint density at radius 1 is 1.25 bits per heavy atom. The molecule has 1 aliphatic rings. The topological polar surface area (TPSA) is 81.5 Å². The number of nitrogens with one attached hydrogen (secondary N) is 1. The molecule has 0 saturated heterocycles. The highest BCUT2D eigenvalue weighted by Gasteiger charge is 2.18. The largest absolute Gasteiger partial charge is 0.396 e. The number of fused-ring (bicyclic) bond motifs is 1. The molecule has 0 bridgehead atoms. The highest BCUT2D eigenvalue weighted by Crippen LogP contribution is 2.26. The van der Waals surface area contributed by atoms with Crippen molar-refractivity contribution in [3.63, 3.8) is 0 Å². The second kappa shape index (κ2) is 7.59. The molecule has 2 heterocycles. The number of aliphatic hydroxyl groups excluding tert-OH is 2. The number of benzene rings is 1. The van der Waals surface area contributed by atoms with Gasteiger partial charge in [0.15, 0.2) is 0 Å². The highest BCUT2D eigenvalue weighted by molar-refractivity contribution is 5.51. The molecule has 0 aliphatic carbocycles. The number of hydrogen-bond acceptors (Lipinski definition) is 6. The molecule has 3 rings (SSSR count). The zero-order valence-corrected chi connectivity index (χ0v) is 13.9. The van der Waals surface area contributed by atoms with Gasteiger partial charge in [-0.1, -0.05) is 18.2 Å². The van der Waals surface area contributed by atoms with Crippen molar-refractivity contribution in [2.75, 3.05) is 29.9 Å². The smallest absolute Gasteiger partial charge is 0.134 e. The van der Waals surface area contributed by atoms with Crippen molar-refractivity contribution < 1.29 is 10.2 Å². The molecule has 24 heavy (non-hydrogen) atoms. The molecule has 0 fully saturated rings. The van der Waals surface area contributed by atoms with Crippen LogP contribution in [0, 0.1) is 0 Å². The lowest BCUT2D eigenvalue weighted by Crippen LogP contribution is -2.31. The predicted molar refractivity (Wildman–Crippen MR) is 94.1 cm³/mol. The van der Waals surface area contributed by atoms with Crippen LogP contribution in [0.3, 0.4) is 0 Å². The number of nitrogens with zero attached hydrogens (tertiary/aromatic N) is 3. The molecule has 6 heteroatoms. The second-order valence-corrected chi connectivity index (χ2v) is 6.14. The van der Waals surface area contributed by atoms with Gasteiger partial charge in [0.05, 0.1) is 6.10 Å². The monoisotopic (exact) mass is 328 g/mol. The van der Waals surface area contributed by atoms with Crippen LogP contribution in [0.1, 0.15) is 36.1 Å². The summed E-state index contributed by atoms with van der Waals surface area (Å²) in [5.74, 6) is 1.69. The first-order valence-electron chi connectivity index (χ1n) is 8.39. The van der Waals surface area contributed by atoms with Crippen LogP contribution in [-0.4, -0.2) is 39.9 Å². The van der Waals surface area contributed by atoms with E-state index in [2.05, 4.69) is 32.3 Å². The normalized spacial score (nSPS) is 15.0. The maximum absolute atomic E-state index is 9.72. The molecule has 128 valence electrons. The van der Waals surface area contributed by atoms with Gasteiger partial charge in [0.25, 0.3) is 0 Å². The molecule has 1 aliphatic heterocycles. The van der Waals surface area contributed by atoms with Crippen LogP contribution in [0.15, 0.2) is 30.6 Å². The third-order valence-corrected chi connectivity index (χ3v) is 4.34. The van der Waals surface area contributed by atoms with Gasteiger partial charge in [-0.3, -0.25) is 0 Å². The lowest BCUT2D eigenvalue weighted by Gasteiger charge is -2.30. The Kier molecular flexibility index (Phi) is 5.27. The highest BCUT2D eigenvalue weighted by atomic mass is 16.3. The predicted octanol–water partition coefficient (Wildman–Crippen LogP) is 1.89. The fourth-order valence-corrected chi connectivity index (χ4v) is 2.94. The van der Waals surface area contributed by atoms with Crippen LogP contribution in [-0.2, 0) is 13.0 Å². The molecule has 0 saturated carbocycles. The van der Waals surface area contributed by atoms with Gasteiger partial charge in [0.1, 0.15) is 18.0 Å². The minimum Gasteiger partial charge on any atom is -0.396 e. The number of anilines is 2. The summed E-state index contributed by atoms with van der Waals surface area (Å²) >= 11 is 0. The van der Waals surface area contributed by atoms with E-state index >= 15 is 0 Å². The summed E-state index contributed by atoms with van der Waals surface area (Å²) in [7, 11) is 0. The summed E-state index contributed by atoms with van der Waals surface area (Å²) < 4.78 is 0. The zero-order valence-electron chi connectivity index (χ0n) is 13.9. The van der Waals surface area contributed by atoms with Gasteiger partial charge >= 0.3 is 0 Å². The molecular weight excluding hydrogens is 304 g/mol. The van der Waals surface area contributed by atoms with Gasteiger partial charge in [-0.15, -0.1) is 0 Å². The molecule has 1 aromatic carbocycles. The molecule has 0 unspecified atom stereocenters. The van der Waals surface area contributed by atoms with Gasteiger partial charge in [0, 0.05) is 32.3 Å². The molecule has 0 amide bonds. The molecule has 0 radical (unpaired) electrons. The number of aromatic nitrogens is 2. The summed E-state index contributed by atoms with van der Waals surface area (Å²) in [6.45, 7) is 4.36. The first-order chi connectivity index (χ1) is 11.7. The Balaban J connectivity index is 1.72. The Morgan fingerprint density at radius 3 is 2.92 bits per heavy atom. The summed E-state index contributed by atoms with van der Waals surface area (Å²) in [5, 5.41) is 21.8. The maximum Gasteiger partial charge on any atom is 0.134 e. The van der Waals surface area contributed by atoms with E-state index in [1.165, 1.54) is 11.1 Å². The van der Waals surface area contributed by atoms with Crippen molar-refractivity contribution in [2.24, 2.45) is 0 Å². The lowest BCUT2D eigenvalue weighted by molar-refractivity contribution is 0.199. The van der Waals surface area contributed by atoms with Crippen LogP contribution in [0.5, 0.6) is 0 Å². The molecule has 0 spiro atoms. The first kappa shape index (κ1) is 16.7. The fraction of sp³-hybridized carbons (Fsp3) is 0.444. The molecule has 3 N–H and O–H groups in total. The minimum atomic E-state index is -0.428. The zero-order chi connectivity index (χ0) is 16.9. The molecule has 1 atom stereocenters. The third kappa shape index (κ3) is 3.83. The van der Waals surface area contributed by atoms with E-state index in [-0.39, 0.29) is 6.61 Å². The molecule has 6 nitrogen and oxygen atoms in total. The van der Waals surface area contributed by atoms with Crippen molar-refractivity contribution in [3.8, 4) is 0 Å². The fourth-order valence-electron chi connectivity index (χ4n) is 2.94. The third-order valence-electron chi connectivity index (χ3n) is 4.34. The quantitative estimate of drug-likeness (QED) is 0.703. The average molecular weight is 328 g/mol. The van der Waals surface area contributed by atoms with Crippen LogP contribution in [0.4, 0.5) is 11.6 Å². The van der Waals surface area contributed by atoms with Crippen LogP contribution >= 0.6 is 0 Å². The van der Waals surface area contributed by atoms with Crippen molar-refractivity contribution in [3.05, 3.63) is 47.3 Å². The Labute approximate surface area is 142 Å². The second-order valence-electron chi connectivity index (χ2n) is 6.14. The van der Waals surface area contributed by atoms with Gasteiger partial charge in [-0.2, -0.15) is 0 Å². The van der Waals surface area contributed by atoms with Crippen molar-refractivity contribution in [1.82, 2.24) is 9.97 Å². The maximum atomic E-state index is 9.72. The summed E-state index contributed by atoms with van der Waals surface area (Å²) in [4.78, 5) is 10.9. The number of rotatable bonds is 6. The summed E-state index contributed by atoms with van der Waals surface area (Å²) in [6.07, 6.45) is 2.78. The lowest BCUT2D eigenvalue weighted by atomic mass is 9.96. The van der Waals surface area contributed by atoms with E-state index < -0.39 is 6.10 Å². The van der Waals surface area contributed by atoms with E-state index in [9.17, 15) is 5.11 Å². The molecule has 1 aromatic heterocycles. The minimum absolute atomic E-state index is 0.169. The van der Waals surface area contributed by atoms with Crippen molar-refractivity contribution >= 4 is 11.6 Å². The standard InChI is InChI=1S/C18H24N4O2/c1-13(24)14-3-4-16-11-22(7-5-15(16)9-14)18-10-17(20-12-21-18)19-6-2-8-23/h3-4,9-10,12-13,23-24H,2,5-8,11H2,1H3,(H,19,20,21)/t13-/m1/s1. The first-order valence-corrected chi connectivity index (χ1v) is 8.39. The number of aliphatic hydroxyl groups is 2. The van der Waals surface area contributed by atoms with Gasteiger partial charge in [-0.05, 0) is 36.5 Å². The van der Waals surface area contributed by atoms with E-state index in [0.29, 0.717) is 13.0 Å².